The second-order valence-corrected chi connectivity index (χ2v) is 9.19. The topological polar surface area (TPSA) is 94.8 Å². The highest BCUT2D eigenvalue weighted by Crippen LogP contribution is 2.36. The summed E-state index contributed by atoms with van der Waals surface area (Å²) < 4.78 is 13.8. The molecule has 0 aliphatic heterocycles. The third-order valence-corrected chi connectivity index (χ3v) is 6.03. The normalized spacial score (nSPS) is 11.1. The molecule has 1 amide bonds. The summed E-state index contributed by atoms with van der Waals surface area (Å²) in [5.74, 6) is 0.925. The molecule has 8 nitrogen and oxygen atoms in total. The lowest BCUT2D eigenvalue weighted by Crippen LogP contribution is -2.21. The number of nitrogens with zero attached hydrogens (tertiary/aromatic N) is 3. The largest absolute Gasteiger partial charge is 0.493 e. The van der Waals surface area contributed by atoms with Gasteiger partial charge in [-0.1, -0.05) is 34.1 Å². The number of amides is 1. The zero-order chi connectivity index (χ0) is 24.9. The number of para-hydroxylation sites is 1. The maximum atomic E-state index is 12.9. The first-order chi connectivity index (χ1) is 16.9. The molecule has 1 N–H and O–H groups in total. The predicted octanol–water partition coefficient (Wildman–Crippen LogP) is 5.14. The average Bonchev–Trinajstić information content (AvgIpc) is 2.84. The molecule has 0 aliphatic carbocycles. The van der Waals surface area contributed by atoms with Crippen LogP contribution in [-0.4, -0.2) is 35.5 Å². The average molecular weight is 600 g/mol. The van der Waals surface area contributed by atoms with Crippen LogP contribution in [0.2, 0.25) is 0 Å². The highest BCUT2D eigenvalue weighted by atomic mass is 79.9. The third kappa shape index (κ3) is 5.77. The summed E-state index contributed by atoms with van der Waals surface area (Å²) in [7, 11) is 1.50. The van der Waals surface area contributed by atoms with Gasteiger partial charge in [-0.25, -0.2) is 4.98 Å². The molecule has 0 unspecified atom stereocenters. The zero-order valence-corrected chi connectivity index (χ0v) is 22.0. The van der Waals surface area contributed by atoms with Crippen LogP contribution >= 0.6 is 31.9 Å². The molecular formula is C25H20Br2N4O4. The number of hydrogen-bond acceptors (Lipinski definition) is 6. The zero-order valence-electron chi connectivity index (χ0n) is 18.8. The summed E-state index contributed by atoms with van der Waals surface area (Å²) in [4.78, 5) is 29.7. The van der Waals surface area contributed by atoms with Crippen molar-refractivity contribution in [2.75, 3.05) is 19.0 Å². The molecule has 0 radical (unpaired) electrons. The Balaban J connectivity index is 1.55. The van der Waals surface area contributed by atoms with Crippen LogP contribution in [-0.2, 0) is 4.79 Å². The molecule has 4 rings (SSSR count). The monoisotopic (exact) mass is 598 g/mol. The molecule has 0 fully saturated rings. The maximum Gasteiger partial charge on any atom is 0.282 e. The number of halogens is 2. The fourth-order valence-corrected chi connectivity index (χ4v) is 4.27. The molecule has 10 heteroatoms. The van der Waals surface area contributed by atoms with Crippen LogP contribution in [0.3, 0.4) is 0 Å². The van der Waals surface area contributed by atoms with E-state index in [1.54, 1.807) is 43.3 Å². The van der Waals surface area contributed by atoms with Crippen LogP contribution in [0.1, 0.15) is 11.4 Å². The summed E-state index contributed by atoms with van der Waals surface area (Å²) in [6, 6.07) is 17.9. The highest BCUT2D eigenvalue weighted by molar-refractivity contribution is 9.10. The molecule has 0 atom stereocenters. The second-order valence-electron chi connectivity index (χ2n) is 7.42. The third-order valence-electron chi connectivity index (χ3n) is 4.95. The quantitative estimate of drug-likeness (QED) is 0.297. The van der Waals surface area contributed by atoms with Crippen LogP contribution in [0, 0.1) is 6.92 Å². The van der Waals surface area contributed by atoms with Gasteiger partial charge in [-0.15, -0.1) is 0 Å². The molecule has 4 aromatic rings. The minimum atomic E-state index is -0.305. The first-order valence-electron chi connectivity index (χ1n) is 10.4. The van der Waals surface area contributed by atoms with Gasteiger partial charge in [0.25, 0.3) is 11.5 Å². The van der Waals surface area contributed by atoms with Gasteiger partial charge in [0.2, 0.25) is 0 Å². The number of fused-ring (bicyclic) bond motifs is 1. The van der Waals surface area contributed by atoms with Crippen molar-refractivity contribution in [1.29, 1.82) is 0 Å². The summed E-state index contributed by atoms with van der Waals surface area (Å²) >= 11 is 6.85. The Morgan fingerprint density at radius 1 is 1.14 bits per heavy atom. The minimum absolute atomic E-state index is 0.204. The molecule has 1 heterocycles. The van der Waals surface area contributed by atoms with Gasteiger partial charge in [0.15, 0.2) is 18.1 Å². The summed E-state index contributed by atoms with van der Waals surface area (Å²) in [5.41, 5.74) is 1.65. The first-order valence-corrected chi connectivity index (χ1v) is 12.0. The van der Waals surface area contributed by atoms with Crippen molar-refractivity contribution in [2.45, 2.75) is 6.92 Å². The molecule has 1 aromatic heterocycles. The summed E-state index contributed by atoms with van der Waals surface area (Å²) in [6.45, 7) is 1.51. The highest BCUT2D eigenvalue weighted by Gasteiger charge is 2.14. The predicted molar refractivity (Wildman–Crippen MR) is 143 cm³/mol. The molecule has 3 aromatic carbocycles. The number of rotatable bonds is 7. The van der Waals surface area contributed by atoms with Crippen molar-refractivity contribution in [3.63, 3.8) is 0 Å². The Morgan fingerprint density at radius 2 is 1.91 bits per heavy atom. The van der Waals surface area contributed by atoms with Gasteiger partial charge in [-0.05, 0) is 70.9 Å². The van der Waals surface area contributed by atoms with E-state index in [4.69, 9.17) is 9.47 Å². The van der Waals surface area contributed by atoms with Gasteiger partial charge in [0, 0.05) is 10.2 Å². The lowest BCUT2D eigenvalue weighted by molar-refractivity contribution is -0.118. The van der Waals surface area contributed by atoms with Crippen LogP contribution in [0.15, 0.2) is 79.5 Å². The van der Waals surface area contributed by atoms with Crippen LogP contribution in [0.5, 0.6) is 11.5 Å². The van der Waals surface area contributed by atoms with Crippen molar-refractivity contribution in [1.82, 2.24) is 9.66 Å². The fraction of sp³-hybridized carbons (Fsp3) is 0.120. The van der Waals surface area contributed by atoms with Crippen molar-refractivity contribution in [3.05, 3.63) is 91.4 Å². The van der Waals surface area contributed by atoms with Crippen molar-refractivity contribution < 1.29 is 14.3 Å². The number of hydrogen-bond donors (Lipinski definition) is 1. The Bertz CT molecular complexity index is 1490. The standard InChI is InChI=1S/C25H20Br2N4O4/c1-15-29-21-9-8-17(26)12-19(21)25(33)31(15)28-13-16-10-20(27)24(22(11-16)34-2)35-14-23(32)30-18-6-4-3-5-7-18/h3-13H,14H2,1-2H3,(H,30,32). The number of aryl methyl sites for hydroxylation is 1. The van der Waals surface area contributed by atoms with Crippen molar-refractivity contribution >= 4 is 60.6 Å². The van der Waals surface area contributed by atoms with Crippen LogP contribution < -0.4 is 20.3 Å². The number of benzene rings is 3. The Morgan fingerprint density at radius 3 is 2.66 bits per heavy atom. The number of nitrogens with one attached hydrogen (secondary N) is 1. The van der Waals surface area contributed by atoms with E-state index in [1.165, 1.54) is 18.0 Å². The van der Waals surface area contributed by atoms with Gasteiger partial charge in [-0.2, -0.15) is 9.78 Å². The van der Waals surface area contributed by atoms with E-state index in [1.807, 2.05) is 24.3 Å². The van der Waals surface area contributed by atoms with Crippen molar-refractivity contribution in [2.24, 2.45) is 5.10 Å². The van der Waals surface area contributed by atoms with Gasteiger partial charge < -0.3 is 14.8 Å². The maximum absolute atomic E-state index is 12.9. The van der Waals surface area contributed by atoms with Gasteiger partial charge in [0.05, 0.1) is 28.7 Å². The first kappa shape index (κ1) is 24.6. The smallest absolute Gasteiger partial charge is 0.282 e. The van der Waals surface area contributed by atoms with E-state index in [0.29, 0.717) is 43.9 Å². The Labute approximate surface area is 217 Å². The molecule has 0 bridgehead atoms. The lowest BCUT2D eigenvalue weighted by atomic mass is 10.2. The van der Waals surface area contributed by atoms with E-state index in [2.05, 4.69) is 47.3 Å². The Kier molecular flexibility index (Phi) is 7.62. The van der Waals surface area contributed by atoms with E-state index < -0.39 is 0 Å². The number of methoxy groups -OCH3 is 1. The second kappa shape index (κ2) is 10.8. The number of carbonyl (C=O) groups is 1. The van der Waals surface area contributed by atoms with Gasteiger partial charge in [0.1, 0.15) is 5.82 Å². The molecule has 0 aliphatic rings. The van der Waals surface area contributed by atoms with Gasteiger partial charge in [-0.3, -0.25) is 9.59 Å². The minimum Gasteiger partial charge on any atom is -0.493 e. The molecular weight excluding hydrogens is 580 g/mol. The molecule has 35 heavy (non-hydrogen) atoms. The van der Waals surface area contributed by atoms with Crippen LogP contribution in [0.4, 0.5) is 5.69 Å². The molecule has 0 saturated heterocycles. The fourth-order valence-electron chi connectivity index (χ4n) is 3.33. The van der Waals surface area contributed by atoms with Gasteiger partial charge >= 0.3 is 0 Å². The number of aromatic nitrogens is 2. The SMILES string of the molecule is COc1cc(C=Nn2c(C)nc3ccc(Br)cc3c2=O)cc(Br)c1OCC(=O)Nc1ccccc1. The lowest BCUT2D eigenvalue weighted by Gasteiger charge is -2.13. The number of carbonyl (C=O) groups excluding carboxylic acids is 1. The van der Waals surface area contributed by atoms with Crippen molar-refractivity contribution in [3.8, 4) is 11.5 Å². The molecule has 0 spiro atoms. The number of ether oxygens (including phenoxy) is 2. The van der Waals surface area contributed by atoms with E-state index >= 15 is 0 Å². The molecule has 178 valence electrons. The van der Waals surface area contributed by atoms with E-state index in [9.17, 15) is 9.59 Å². The number of anilines is 1. The summed E-state index contributed by atoms with van der Waals surface area (Å²) in [5, 5.41) is 7.56. The van der Waals surface area contributed by atoms with E-state index in [0.717, 1.165) is 4.47 Å². The summed E-state index contributed by atoms with van der Waals surface area (Å²) in [6.07, 6.45) is 1.53. The molecule has 0 saturated carbocycles. The van der Waals surface area contributed by atoms with E-state index in [-0.39, 0.29) is 18.1 Å². The van der Waals surface area contributed by atoms with Crippen LogP contribution in [0.25, 0.3) is 10.9 Å². The Hall–Kier alpha value is -3.50.